The molecular formula is C13H25NOS2. The van der Waals surface area contributed by atoms with Crippen molar-refractivity contribution in [2.45, 2.75) is 64.0 Å². The predicted molar refractivity (Wildman–Crippen MR) is 79.1 cm³/mol. The number of amides is 1. The maximum atomic E-state index is 11.5. The Morgan fingerprint density at radius 3 is 2.59 bits per heavy atom. The van der Waals surface area contributed by atoms with Crippen molar-refractivity contribution >= 4 is 27.5 Å². The first kappa shape index (κ1) is 15.2. The zero-order valence-electron chi connectivity index (χ0n) is 11.0. The number of rotatable bonds is 8. The lowest BCUT2D eigenvalue weighted by molar-refractivity contribution is -0.125. The monoisotopic (exact) mass is 275 g/mol. The molecular weight excluding hydrogens is 250 g/mol. The average molecular weight is 275 g/mol. The SMILES string of the molecule is CCCCCCCCC1SSCC1(C)C(N)=O. The van der Waals surface area contributed by atoms with Gasteiger partial charge in [0.2, 0.25) is 5.91 Å². The minimum absolute atomic E-state index is 0.119. The van der Waals surface area contributed by atoms with Gasteiger partial charge < -0.3 is 5.73 Å². The van der Waals surface area contributed by atoms with Crippen LogP contribution in [0.25, 0.3) is 0 Å². The summed E-state index contributed by atoms with van der Waals surface area (Å²) in [6.45, 7) is 4.27. The van der Waals surface area contributed by atoms with Crippen molar-refractivity contribution in [1.82, 2.24) is 0 Å². The summed E-state index contributed by atoms with van der Waals surface area (Å²) < 4.78 is 0. The van der Waals surface area contributed by atoms with Crippen LogP contribution in [0.2, 0.25) is 0 Å². The highest BCUT2D eigenvalue weighted by atomic mass is 33.1. The summed E-state index contributed by atoms with van der Waals surface area (Å²) in [6, 6.07) is 0. The van der Waals surface area contributed by atoms with E-state index in [1.165, 1.54) is 38.5 Å². The van der Waals surface area contributed by atoms with Gasteiger partial charge in [0.05, 0.1) is 5.41 Å². The van der Waals surface area contributed by atoms with Crippen LogP contribution >= 0.6 is 21.6 Å². The van der Waals surface area contributed by atoms with E-state index in [4.69, 9.17) is 5.73 Å². The molecule has 0 aromatic rings. The van der Waals surface area contributed by atoms with E-state index in [-0.39, 0.29) is 11.3 Å². The number of nitrogens with two attached hydrogens (primary N) is 1. The van der Waals surface area contributed by atoms with Crippen molar-refractivity contribution < 1.29 is 4.79 Å². The zero-order chi connectivity index (χ0) is 12.7. The highest BCUT2D eigenvalue weighted by Crippen LogP contribution is 2.51. The van der Waals surface area contributed by atoms with Crippen molar-refractivity contribution in [3.05, 3.63) is 0 Å². The summed E-state index contributed by atoms with van der Waals surface area (Å²) in [5.74, 6) is 0.763. The van der Waals surface area contributed by atoms with E-state index in [9.17, 15) is 4.79 Å². The molecule has 2 nitrogen and oxygen atoms in total. The second kappa shape index (κ2) is 7.57. The van der Waals surface area contributed by atoms with Crippen LogP contribution < -0.4 is 5.73 Å². The summed E-state index contributed by atoms with van der Waals surface area (Å²) in [6.07, 6.45) is 9.04. The van der Waals surface area contributed by atoms with Gasteiger partial charge in [0.15, 0.2) is 0 Å². The Morgan fingerprint density at radius 2 is 1.94 bits per heavy atom. The fraction of sp³-hybridized carbons (Fsp3) is 0.923. The van der Waals surface area contributed by atoms with Crippen molar-refractivity contribution in [3.8, 4) is 0 Å². The van der Waals surface area contributed by atoms with Crippen molar-refractivity contribution in [2.24, 2.45) is 11.1 Å². The molecule has 0 aliphatic carbocycles. The molecule has 4 heteroatoms. The Bertz CT molecular complexity index is 248. The predicted octanol–water partition coefficient (Wildman–Crippen LogP) is 3.99. The van der Waals surface area contributed by atoms with Gasteiger partial charge in [-0.1, -0.05) is 67.0 Å². The summed E-state index contributed by atoms with van der Waals surface area (Å²) in [5, 5.41) is 0.427. The molecule has 0 aromatic heterocycles. The van der Waals surface area contributed by atoms with E-state index in [1.807, 2.05) is 17.7 Å². The third-order valence-electron chi connectivity index (χ3n) is 3.64. The molecule has 0 bridgehead atoms. The topological polar surface area (TPSA) is 43.1 Å². The van der Waals surface area contributed by atoms with E-state index < -0.39 is 0 Å². The number of hydrogen-bond donors (Lipinski definition) is 1. The molecule has 2 N–H and O–H groups in total. The molecule has 1 rings (SSSR count). The van der Waals surface area contributed by atoms with E-state index in [0.29, 0.717) is 5.25 Å². The Kier molecular flexibility index (Phi) is 6.78. The lowest BCUT2D eigenvalue weighted by Crippen LogP contribution is -2.41. The summed E-state index contributed by atoms with van der Waals surface area (Å²) in [7, 11) is 3.67. The van der Waals surface area contributed by atoms with Gasteiger partial charge in [-0.15, -0.1) is 0 Å². The summed E-state index contributed by atoms with van der Waals surface area (Å²) >= 11 is 0. The van der Waals surface area contributed by atoms with E-state index in [1.54, 1.807) is 10.8 Å². The minimum Gasteiger partial charge on any atom is -0.369 e. The molecule has 17 heavy (non-hydrogen) atoms. The van der Waals surface area contributed by atoms with Crippen LogP contribution in [0.5, 0.6) is 0 Å². The minimum atomic E-state index is -0.279. The van der Waals surface area contributed by atoms with Crippen LogP contribution in [0.1, 0.15) is 58.8 Å². The second-order valence-corrected chi connectivity index (χ2v) is 7.76. The largest absolute Gasteiger partial charge is 0.369 e. The normalized spacial score (nSPS) is 28.5. The Labute approximate surface area is 113 Å². The fourth-order valence-electron chi connectivity index (χ4n) is 2.14. The Balaban J connectivity index is 2.20. The molecule has 1 aliphatic rings. The van der Waals surface area contributed by atoms with E-state index in [2.05, 4.69) is 6.92 Å². The van der Waals surface area contributed by atoms with Crippen LogP contribution in [0, 0.1) is 5.41 Å². The van der Waals surface area contributed by atoms with Gasteiger partial charge >= 0.3 is 0 Å². The van der Waals surface area contributed by atoms with Crippen LogP contribution in [-0.4, -0.2) is 16.9 Å². The first-order valence-corrected chi connectivity index (χ1v) is 9.07. The highest BCUT2D eigenvalue weighted by molar-refractivity contribution is 8.77. The van der Waals surface area contributed by atoms with E-state index >= 15 is 0 Å². The van der Waals surface area contributed by atoms with Gasteiger partial charge in [-0.05, 0) is 13.3 Å². The number of carbonyl (C=O) groups is 1. The fourth-order valence-corrected chi connectivity index (χ4v) is 6.10. The molecule has 0 saturated carbocycles. The molecule has 1 saturated heterocycles. The summed E-state index contributed by atoms with van der Waals surface area (Å²) in [4.78, 5) is 11.5. The third kappa shape index (κ3) is 4.40. The van der Waals surface area contributed by atoms with Crippen LogP contribution in [0.3, 0.4) is 0 Å². The number of hydrogen-bond acceptors (Lipinski definition) is 3. The standard InChI is InChI=1S/C13H25NOS2/c1-3-4-5-6-7-8-9-11-13(2,12(14)15)10-16-17-11/h11H,3-10H2,1-2H3,(H2,14,15). The molecule has 100 valence electrons. The Hall–Kier alpha value is 0.170. The lowest BCUT2D eigenvalue weighted by Gasteiger charge is -2.25. The Morgan fingerprint density at radius 1 is 1.29 bits per heavy atom. The molecule has 0 radical (unpaired) electrons. The maximum Gasteiger partial charge on any atom is 0.225 e. The number of carbonyl (C=O) groups excluding carboxylic acids is 1. The molecule has 1 heterocycles. The lowest BCUT2D eigenvalue weighted by atomic mass is 9.85. The van der Waals surface area contributed by atoms with Crippen LogP contribution in [-0.2, 0) is 4.79 Å². The molecule has 2 unspecified atom stereocenters. The molecule has 1 fully saturated rings. The van der Waals surface area contributed by atoms with Gasteiger partial charge in [0, 0.05) is 11.0 Å². The first-order valence-electron chi connectivity index (χ1n) is 6.69. The van der Waals surface area contributed by atoms with Gasteiger partial charge in [0.25, 0.3) is 0 Å². The van der Waals surface area contributed by atoms with Crippen molar-refractivity contribution in [1.29, 1.82) is 0 Å². The number of primary amides is 1. The maximum absolute atomic E-state index is 11.5. The zero-order valence-corrected chi connectivity index (χ0v) is 12.7. The van der Waals surface area contributed by atoms with Crippen molar-refractivity contribution in [2.75, 3.05) is 5.75 Å². The molecule has 1 amide bonds. The quantitative estimate of drug-likeness (QED) is 0.538. The van der Waals surface area contributed by atoms with Gasteiger partial charge in [-0.3, -0.25) is 4.79 Å². The van der Waals surface area contributed by atoms with E-state index in [0.717, 1.165) is 12.2 Å². The van der Waals surface area contributed by atoms with Crippen LogP contribution in [0.15, 0.2) is 0 Å². The van der Waals surface area contributed by atoms with Gasteiger partial charge in [-0.25, -0.2) is 0 Å². The average Bonchev–Trinajstić information content (AvgIpc) is 2.67. The van der Waals surface area contributed by atoms with Gasteiger partial charge in [0.1, 0.15) is 0 Å². The van der Waals surface area contributed by atoms with Crippen LogP contribution in [0.4, 0.5) is 0 Å². The highest BCUT2D eigenvalue weighted by Gasteiger charge is 2.44. The molecule has 0 spiro atoms. The third-order valence-corrected chi connectivity index (χ3v) is 6.94. The first-order chi connectivity index (χ1) is 8.11. The number of unbranched alkanes of at least 4 members (excludes halogenated alkanes) is 5. The molecule has 0 aromatic carbocycles. The second-order valence-electron chi connectivity index (χ2n) is 5.19. The smallest absolute Gasteiger partial charge is 0.225 e. The van der Waals surface area contributed by atoms with Gasteiger partial charge in [-0.2, -0.15) is 0 Å². The molecule has 2 atom stereocenters. The van der Waals surface area contributed by atoms with Crippen molar-refractivity contribution in [3.63, 3.8) is 0 Å². The summed E-state index contributed by atoms with van der Waals surface area (Å²) in [5.41, 5.74) is 5.25. The molecule has 1 aliphatic heterocycles.